The zero-order valence-corrected chi connectivity index (χ0v) is 11.3. The average molecular weight is 269 g/mol. The minimum Gasteiger partial charge on any atom is -0.319 e. The summed E-state index contributed by atoms with van der Waals surface area (Å²) in [7, 11) is 0. The van der Waals surface area contributed by atoms with Gasteiger partial charge in [-0.1, -0.05) is 6.07 Å². The second kappa shape index (κ2) is 4.80. The van der Waals surface area contributed by atoms with Crippen molar-refractivity contribution in [2.24, 2.45) is 0 Å². The van der Waals surface area contributed by atoms with Crippen LogP contribution in [-0.2, 0) is 0 Å². The van der Waals surface area contributed by atoms with Crippen LogP contribution in [0.1, 0.15) is 30.2 Å². The molecule has 2 aromatic heterocycles. The van der Waals surface area contributed by atoms with Crippen LogP contribution in [0.5, 0.6) is 0 Å². The number of nitrogens with zero attached hydrogens (tertiary/aromatic N) is 3. The van der Waals surface area contributed by atoms with E-state index in [1.165, 1.54) is 0 Å². The first-order valence-electron chi connectivity index (χ1n) is 6.42. The van der Waals surface area contributed by atoms with Crippen molar-refractivity contribution in [3.63, 3.8) is 0 Å². The average Bonchev–Trinajstić information content (AvgIpc) is 3.05. The molecule has 0 saturated heterocycles. The maximum absolute atomic E-state index is 12.2. The summed E-state index contributed by atoms with van der Waals surface area (Å²) in [6.07, 6.45) is 5.19. The largest absolute Gasteiger partial charge is 0.319 e. The van der Waals surface area contributed by atoms with Gasteiger partial charge < -0.3 is 5.32 Å². The molecule has 0 unspecified atom stereocenters. The Morgan fingerprint density at radius 2 is 2.20 bits per heavy atom. The maximum Gasteiger partial charge on any atom is 0.255 e. The van der Waals surface area contributed by atoms with Gasteiger partial charge in [0.2, 0.25) is 0 Å². The van der Waals surface area contributed by atoms with Gasteiger partial charge in [-0.05, 0) is 26.0 Å². The predicted octanol–water partition coefficient (Wildman–Crippen LogP) is 2.59. The van der Waals surface area contributed by atoms with E-state index < -0.39 is 0 Å². The Morgan fingerprint density at radius 3 is 2.95 bits per heavy atom. The second-order valence-electron chi connectivity index (χ2n) is 4.93. The molecular formula is C14H15N5O. The fourth-order valence-corrected chi connectivity index (χ4v) is 1.97. The van der Waals surface area contributed by atoms with Gasteiger partial charge in [0, 0.05) is 23.2 Å². The molecule has 2 heterocycles. The molecule has 0 aliphatic heterocycles. The first-order valence-corrected chi connectivity index (χ1v) is 6.42. The minimum absolute atomic E-state index is 0.162. The summed E-state index contributed by atoms with van der Waals surface area (Å²) >= 11 is 0. The van der Waals surface area contributed by atoms with Crippen LogP contribution in [0.3, 0.4) is 0 Å². The minimum atomic E-state index is -0.162. The van der Waals surface area contributed by atoms with E-state index >= 15 is 0 Å². The Kier molecular flexibility index (Phi) is 2.98. The fourth-order valence-electron chi connectivity index (χ4n) is 1.97. The van der Waals surface area contributed by atoms with Gasteiger partial charge >= 0.3 is 0 Å². The summed E-state index contributed by atoms with van der Waals surface area (Å²) in [6.45, 7) is 4.07. The molecule has 0 bridgehead atoms. The standard InChI is InChI=1S/C14H15N5O/c1-9(2)19-8-12(7-16-19)17-14(20)10-3-4-11-6-15-18-13(11)5-10/h3-9H,1-2H3,(H,15,18)(H,17,20). The van der Waals surface area contributed by atoms with Gasteiger partial charge in [0.25, 0.3) is 5.91 Å². The van der Waals surface area contributed by atoms with E-state index in [0.717, 1.165) is 10.9 Å². The molecule has 6 heteroatoms. The van der Waals surface area contributed by atoms with Crippen molar-refractivity contribution in [3.05, 3.63) is 42.4 Å². The molecule has 0 atom stereocenters. The number of nitrogens with one attached hydrogen (secondary N) is 2. The molecule has 0 aliphatic carbocycles. The molecule has 0 radical (unpaired) electrons. The van der Waals surface area contributed by atoms with E-state index in [9.17, 15) is 4.79 Å². The van der Waals surface area contributed by atoms with E-state index in [0.29, 0.717) is 11.3 Å². The molecule has 0 saturated carbocycles. The molecule has 1 aromatic carbocycles. The normalized spacial score (nSPS) is 11.2. The first kappa shape index (κ1) is 12.4. The molecule has 0 spiro atoms. The number of aromatic amines is 1. The number of fused-ring (bicyclic) bond motifs is 1. The van der Waals surface area contributed by atoms with Gasteiger partial charge in [0.1, 0.15) is 0 Å². The van der Waals surface area contributed by atoms with Crippen molar-refractivity contribution in [2.45, 2.75) is 19.9 Å². The summed E-state index contributed by atoms with van der Waals surface area (Å²) in [6, 6.07) is 5.69. The van der Waals surface area contributed by atoms with Crippen molar-refractivity contribution >= 4 is 22.5 Å². The molecule has 0 aliphatic rings. The molecular weight excluding hydrogens is 254 g/mol. The lowest BCUT2D eigenvalue weighted by molar-refractivity contribution is 0.102. The monoisotopic (exact) mass is 269 g/mol. The number of anilines is 1. The number of hydrogen-bond donors (Lipinski definition) is 2. The van der Waals surface area contributed by atoms with Gasteiger partial charge in [-0.2, -0.15) is 10.2 Å². The Balaban J connectivity index is 1.80. The van der Waals surface area contributed by atoms with Crippen molar-refractivity contribution in [1.82, 2.24) is 20.0 Å². The number of carbonyl (C=O) groups is 1. The zero-order valence-electron chi connectivity index (χ0n) is 11.3. The number of hydrogen-bond acceptors (Lipinski definition) is 3. The first-order chi connectivity index (χ1) is 9.63. The van der Waals surface area contributed by atoms with Gasteiger partial charge in [-0.25, -0.2) is 0 Å². The molecule has 20 heavy (non-hydrogen) atoms. The summed E-state index contributed by atoms with van der Waals surface area (Å²) < 4.78 is 1.80. The lowest BCUT2D eigenvalue weighted by atomic mass is 10.1. The molecule has 0 fully saturated rings. The highest BCUT2D eigenvalue weighted by Crippen LogP contribution is 2.15. The molecule has 6 nitrogen and oxygen atoms in total. The molecule has 102 valence electrons. The highest BCUT2D eigenvalue weighted by molar-refractivity contribution is 6.05. The smallest absolute Gasteiger partial charge is 0.255 e. The number of H-pyrrole nitrogens is 1. The molecule has 1 amide bonds. The quantitative estimate of drug-likeness (QED) is 0.767. The Bertz CT molecular complexity index is 756. The fraction of sp³-hybridized carbons (Fsp3) is 0.214. The van der Waals surface area contributed by atoms with Gasteiger partial charge in [0.05, 0.1) is 23.6 Å². The summed E-state index contributed by atoms with van der Waals surface area (Å²) in [5.74, 6) is -0.162. The number of amides is 1. The third kappa shape index (κ3) is 2.27. The third-order valence-electron chi connectivity index (χ3n) is 3.09. The molecule has 2 N–H and O–H groups in total. The van der Waals surface area contributed by atoms with Gasteiger partial charge in [-0.15, -0.1) is 0 Å². The van der Waals surface area contributed by atoms with Crippen LogP contribution in [0.25, 0.3) is 10.9 Å². The third-order valence-corrected chi connectivity index (χ3v) is 3.09. The van der Waals surface area contributed by atoms with Crippen molar-refractivity contribution in [2.75, 3.05) is 5.32 Å². The highest BCUT2D eigenvalue weighted by Gasteiger charge is 2.09. The van der Waals surface area contributed by atoms with Crippen LogP contribution in [0.4, 0.5) is 5.69 Å². The second-order valence-corrected chi connectivity index (χ2v) is 4.93. The number of rotatable bonds is 3. The van der Waals surface area contributed by atoms with E-state index in [-0.39, 0.29) is 11.9 Å². The number of carbonyl (C=O) groups excluding carboxylic acids is 1. The summed E-state index contributed by atoms with van der Waals surface area (Å²) in [5.41, 5.74) is 2.11. The van der Waals surface area contributed by atoms with Crippen LogP contribution in [0, 0.1) is 0 Å². The predicted molar refractivity (Wildman–Crippen MR) is 76.7 cm³/mol. The van der Waals surface area contributed by atoms with Crippen molar-refractivity contribution < 1.29 is 4.79 Å². The van der Waals surface area contributed by atoms with Crippen LogP contribution >= 0.6 is 0 Å². The van der Waals surface area contributed by atoms with E-state index in [2.05, 4.69) is 20.6 Å². The number of benzene rings is 1. The van der Waals surface area contributed by atoms with Gasteiger partial charge in [-0.3, -0.25) is 14.6 Å². The molecule has 3 aromatic rings. The number of aromatic nitrogens is 4. The van der Waals surface area contributed by atoms with Crippen LogP contribution in [0.2, 0.25) is 0 Å². The van der Waals surface area contributed by atoms with Crippen molar-refractivity contribution in [3.8, 4) is 0 Å². The topological polar surface area (TPSA) is 75.6 Å². The Hall–Kier alpha value is -2.63. The Morgan fingerprint density at radius 1 is 1.35 bits per heavy atom. The van der Waals surface area contributed by atoms with Gasteiger partial charge in [0.15, 0.2) is 0 Å². The highest BCUT2D eigenvalue weighted by atomic mass is 16.1. The lowest BCUT2D eigenvalue weighted by Gasteiger charge is -2.04. The maximum atomic E-state index is 12.2. The van der Waals surface area contributed by atoms with E-state index in [1.54, 1.807) is 29.2 Å². The zero-order chi connectivity index (χ0) is 14.1. The van der Waals surface area contributed by atoms with Crippen molar-refractivity contribution in [1.29, 1.82) is 0 Å². The van der Waals surface area contributed by atoms with E-state index in [1.807, 2.05) is 26.1 Å². The lowest BCUT2D eigenvalue weighted by Crippen LogP contribution is -2.11. The summed E-state index contributed by atoms with van der Waals surface area (Å²) in [4.78, 5) is 12.2. The molecule has 3 rings (SSSR count). The Labute approximate surface area is 115 Å². The van der Waals surface area contributed by atoms with Crippen LogP contribution in [0.15, 0.2) is 36.8 Å². The SMILES string of the molecule is CC(C)n1cc(NC(=O)c2ccc3cn[nH]c3c2)cn1. The van der Waals surface area contributed by atoms with E-state index in [4.69, 9.17) is 0 Å². The van der Waals surface area contributed by atoms with Crippen LogP contribution < -0.4 is 5.32 Å². The van der Waals surface area contributed by atoms with Crippen LogP contribution in [-0.4, -0.2) is 25.9 Å². The summed E-state index contributed by atoms with van der Waals surface area (Å²) in [5, 5.41) is 14.8.